The van der Waals surface area contributed by atoms with Crippen LogP contribution in [0.1, 0.15) is 83.2 Å². The quantitative estimate of drug-likeness (QED) is 0.188. The number of carbonyl (C=O) groups excluding carboxylic acids is 4. The molecule has 16 nitrogen and oxygen atoms in total. The van der Waals surface area contributed by atoms with Gasteiger partial charge >= 0.3 is 12.0 Å². The first-order valence-electron chi connectivity index (χ1n) is 22.4. The van der Waals surface area contributed by atoms with Gasteiger partial charge in [-0.25, -0.2) is 14.6 Å². The van der Waals surface area contributed by atoms with E-state index in [1.165, 1.54) is 21.2 Å². The monoisotopic (exact) mass is 899 g/mol. The number of rotatable bonds is 9. The molecule has 6 heterocycles. The molecule has 6 bridgehead atoms. The summed E-state index contributed by atoms with van der Waals surface area (Å²) in [7, 11) is 7.28. The van der Waals surface area contributed by atoms with Gasteiger partial charge in [-0.15, -0.1) is 11.3 Å². The van der Waals surface area contributed by atoms with Gasteiger partial charge in [0.25, 0.3) is 5.91 Å². The number of thiazole rings is 1. The maximum Gasteiger partial charge on any atom is 0.355 e. The van der Waals surface area contributed by atoms with Crippen LogP contribution in [0.15, 0.2) is 41.9 Å². The lowest BCUT2D eigenvalue weighted by molar-refractivity contribution is -0.189. The zero-order chi connectivity index (χ0) is 46.2. The molecular formula is C47H65N9O7S. The molecule has 4 amide bonds. The molecule has 1 aromatic carbocycles. The van der Waals surface area contributed by atoms with Gasteiger partial charge in [0.2, 0.25) is 11.6 Å². The summed E-state index contributed by atoms with van der Waals surface area (Å²) in [5.74, 6) is -2.24. The number of hydrazine groups is 1. The Labute approximate surface area is 380 Å². The highest BCUT2D eigenvalue weighted by atomic mass is 32.1. The van der Waals surface area contributed by atoms with Crippen LogP contribution >= 0.6 is 11.3 Å². The summed E-state index contributed by atoms with van der Waals surface area (Å²) in [5, 5.41) is 19.6. The van der Waals surface area contributed by atoms with Crippen molar-refractivity contribution in [1.82, 2.24) is 45.0 Å². The van der Waals surface area contributed by atoms with Gasteiger partial charge in [-0.2, -0.15) is 5.43 Å². The molecule has 4 aromatic rings. The number of hydrogen-bond donors (Lipinski definition) is 3. The van der Waals surface area contributed by atoms with Crippen molar-refractivity contribution in [2.24, 2.45) is 11.3 Å². The molecule has 3 N–H and O–H groups in total. The average Bonchev–Trinajstić information content (AvgIpc) is 4.02. The van der Waals surface area contributed by atoms with Gasteiger partial charge in [-0.3, -0.25) is 19.6 Å². The summed E-state index contributed by atoms with van der Waals surface area (Å²) in [5.41, 5.74) is 6.39. The number of benzene rings is 1. The fourth-order valence-electron chi connectivity index (χ4n) is 9.47. The summed E-state index contributed by atoms with van der Waals surface area (Å²) in [6.45, 7) is 13.8. The van der Waals surface area contributed by atoms with Gasteiger partial charge in [-0.05, 0) is 83.0 Å². The lowest BCUT2D eigenvalue weighted by Crippen LogP contribution is -2.67. The molecule has 0 radical (unpaired) electrons. The number of amides is 4. The minimum absolute atomic E-state index is 0.00873. The average molecular weight is 900 g/mol. The number of aromatic nitrogens is 3. The van der Waals surface area contributed by atoms with Crippen molar-refractivity contribution in [3.63, 3.8) is 0 Å². The molecule has 0 unspecified atom stereocenters. The summed E-state index contributed by atoms with van der Waals surface area (Å²) >= 11 is 1.38. The number of aryl methyl sites for hydroxylation is 1. The van der Waals surface area contributed by atoms with E-state index in [0.717, 1.165) is 51.1 Å². The summed E-state index contributed by atoms with van der Waals surface area (Å²) in [6, 6.07) is 8.21. The molecule has 2 saturated heterocycles. The number of likely N-dealkylation sites (tertiary alicyclic amines) is 1. The van der Waals surface area contributed by atoms with Gasteiger partial charge in [0, 0.05) is 98.2 Å². The molecule has 64 heavy (non-hydrogen) atoms. The van der Waals surface area contributed by atoms with Crippen molar-refractivity contribution in [2.45, 2.75) is 110 Å². The van der Waals surface area contributed by atoms with Crippen LogP contribution in [0.2, 0.25) is 0 Å². The fraction of sp³-hybridized carbons (Fsp3) is 0.574. The minimum Gasteiger partial charge on any atom is -0.462 e. The third kappa shape index (κ3) is 9.41. The highest BCUT2D eigenvalue weighted by molar-refractivity contribution is 7.10. The zero-order valence-corrected chi connectivity index (χ0v) is 39.8. The molecule has 3 aliphatic heterocycles. The van der Waals surface area contributed by atoms with E-state index in [2.05, 4.69) is 51.4 Å². The van der Waals surface area contributed by atoms with E-state index in [4.69, 9.17) is 19.4 Å². The fourth-order valence-corrected chi connectivity index (χ4v) is 10.3. The van der Waals surface area contributed by atoms with Crippen molar-refractivity contribution in [1.29, 1.82) is 0 Å². The largest absolute Gasteiger partial charge is 0.462 e. The molecular weight excluding hydrogens is 835 g/mol. The van der Waals surface area contributed by atoms with Crippen LogP contribution in [0.3, 0.4) is 0 Å². The molecule has 17 heteroatoms. The molecule has 0 aliphatic carbocycles. The second-order valence-electron chi connectivity index (χ2n) is 18.9. The summed E-state index contributed by atoms with van der Waals surface area (Å²) in [6.07, 6.45) is 3.16. The van der Waals surface area contributed by atoms with Crippen LogP contribution < -0.4 is 10.7 Å². The lowest BCUT2D eigenvalue weighted by Gasteiger charge is -2.40. The Balaban J connectivity index is 1.29. The third-order valence-electron chi connectivity index (χ3n) is 13.0. The van der Waals surface area contributed by atoms with Gasteiger partial charge in [0.05, 0.1) is 34.8 Å². The number of fused-ring (bicyclic) bond motifs is 6. The maximum absolute atomic E-state index is 14.6. The van der Waals surface area contributed by atoms with E-state index < -0.39 is 41.0 Å². The molecule has 2 fully saturated rings. The van der Waals surface area contributed by atoms with E-state index in [9.17, 15) is 24.3 Å². The topological polar surface area (TPSA) is 175 Å². The maximum atomic E-state index is 14.6. The van der Waals surface area contributed by atoms with E-state index in [-0.39, 0.29) is 50.1 Å². The number of carbonyl (C=O) groups is 4. The number of urea groups is 1. The van der Waals surface area contributed by atoms with Crippen LogP contribution in [0.4, 0.5) is 4.79 Å². The Morgan fingerprint density at radius 1 is 1.14 bits per heavy atom. The van der Waals surface area contributed by atoms with Crippen LogP contribution in [0.5, 0.6) is 0 Å². The van der Waals surface area contributed by atoms with Crippen LogP contribution in [-0.4, -0.2) is 142 Å². The van der Waals surface area contributed by atoms with E-state index in [0.29, 0.717) is 37.5 Å². The Hall–Kier alpha value is -4.94. The highest BCUT2D eigenvalue weighted by Gasteiger charge is 2.46. The van der Waals surface area contributed by atoms with Crippen LogP contribution in [0.25, 0.3) is 33.4 Å². The molecule has 346 valence electrons. The zero-order valence-electron chi connectivity index (χ0n) is 38.9. The van der Waals surface area contributed by atoms with E-state index >= 15 is 0 Å². The number of esters is 1. The van der Waals surface area contributed by atoms with Crippen LogP contribution in [-0.2, 0) is 43.2 Å². The summed E-state index contributed by atoms with van der Waals surface area (Å²) < 4.78 is 14.0. The molecule has 0 spiro atoms. The first-order chi connectivity index (χ1) is 30.4. The predicted octanol–water partition coefficient (Wildman–Crippen LogP) is 5.23. The van der Waals surface area contributed by atoms with E-state index in [1.54, 1.807) is 25.3 Å². The van der Waals surface area contributed by atoms with Crippen molar-refractivity contribution in [3.8, 4) is 22.5 Å². The number of likely N-dealkylation sites (N-methyl/N-ethyl adjacent to an activating group) is 2. The SMILES string of the molecule is CCn1c(-c2cccnc2[C@H](C)OC)c2c3cc(ccc31)-c1csc(n1)C[C@H](NC(=O)[C@H](C(C)C)N(C)C(=O)N1CC[C@H](N(C)C)C1)C(=O)N1CCC[C@@](O)(N1)C(=O)OCC(C)(C)C2. The Morgan fingerprint density at radius 2 is 1.91 bits per heavy atom. The van der Waals surface area contributed by atoms with Crippen molar-refractivity contribution in [2.75, 3.05) is 54.5 Å². The number of methoxy groups -OCH3 is 1. The van der Waals surface area contributed by atoms with Gasteiger partial charge in [0.1, 0.15) is 12.1 Å². The number of ether oxygens (including phenoxy) is 2. The lowest BCUT2D eigenvalue weighted by atomic mass is 9.84. The normalized spacial score (nSPS) is 22.7. The van der Waals surface area contributed by atoms with E-state index in [1.807, 2.05) is 60.2 Å². The number of aliphatic hydroxyl groups is 1. The minimum atomic E-state index is -2.20. The second-order valence-corrected chi connectivity index (χ2v) is 19.9. The van der Waals surface area contributed by atoms with Gasteiger partial charge in [-0.1, -0.05) is 33.8 Å². The number of nitrogens with one attached hydrogen (secondary N) is 2. The first kappa shape index (κ1) is 47.0. The Bertz CT molecular complexity index is 2380. The number of hydrogen-bond acceptors (Lipinski definition) is 12. The molecule has 7 rings (SSSR count). The highest BCUT2D eigenvalue weighted by Crippen LogP contribution is 2.42. The Morgan fingerprint density at radius 3 is 2.59 bits per heavy atom. The Kier molecular flexibility index (Phi) is 13.9. The number of cyclic esters (lactones) is 1. The standard InChI is InChI=1S/C47H65N9O7S/c1-11-55-37-16-15-30-22-33(37)34(41(55)32-14-12-19-48-39(32)29(4)62-10)24-46(5,6)27-63-44(59)47(61)18-13-20-56(51-47)43(58)35(23-38-49-36(30)26-64-38)50-42(57)40(28(2)3)53(9)45(60)54-21-17-31(25-54)52(7)8/h12,14-16,19,22,26,28-29,31,35,40,51,61H,11,13,17-18,20-21,23-25,27H2,1-10H3,(H,50,57)/t29-,31-,35-,40-,47-/m0/s1. The molecule has 0 saturated carbocycles. The number of pyridine rings is 1. The molecule has 5 atom stereocenters. The smallest absolute Gasteiger partial charge is 0.355 e. The molecule has 3 aliphatic rings. The molecule has 3 aromatic heterocycles. The predicted molar refractivity (Wildman–Crippen MR) is 246 cm³/mol. The summed E-state index contributed by atoms with van der Waals surface area (Å²) in [4.78, 5) is 72.0. The van der Waals surface area contributed by atoms with Crippen molar-refractivity contribution < 1.29 is 33.8 Å². The second kappa shape index (κ2) is 18.9. The third-order valence-corrected chi connectivity index (χ3v) is 13.9. The van der Waals surface area contributed by atoms with Gasteiger partial charge < -0.3 is 39.2 Å². The van der Waals surface area contributed by atoms with Crippen LogP contribution in [0, 0.1) is 11.3 Å². The number of nitrogens with zero attached hydrogens (tertiary/aromatic N) is 7. The first-order valence-corrected chi connectivity index (χ1v) is 23.3. The van der Waals surface area contributed by atoms with Crippen molar-refractivity contribution >= 4 is 46.1 Å². The van der Waals surface area contributed by atoms with Gasteiger partial charge in [0.15, 0.2) is 0 Å². The van der Waals surface area contributed by atoms with Crippen molar-refractivity contribution in [3.05, 3.63) is 58.2 Å².